The van der Waals surface area contributed by atoms with Gasteiger partial charge in [0.2, 0.25) is 11.8 Å². The Morgan fingerprint density at radius 3 is 2.76 bits per heavy atom. The minimum atomic E-state index is -0.468. The first-order valence-electron chi connectivity index (χ1n) is 5.95. The van der Waals surface area contributed by atoms with Crippen molar-refractivity contribution >= 4 is 24.2 Å². The standard InChI is InChI=1S/C11H21N3O2.ClH/c1-3-5-8(12)11(16)14-7-6-13-10(15)9(14)4-2;/h8-9H,3-7,12H2,1-2H3,(H,13,15);1H. The number of carbonyl (C=O) groups is 2. The van der Waals surface area contributed by atoms with E-state index in [0.717, 1.165) is 6.42 Å². The molecule has 1 saturated heterocycles. The second-order valence-corrected chi connectivity index (χ2v) is 4.14. The lowest BCUT2D eigenvalue weighted by Crippen LogP contribution is -2.59. The third-order valence-corrected chi connectivity index (χ3v) is 2.92. The first-order valence-corrected chi connectivity index (χ1v) is 5.95. The average molecular weight is 264 g/mol. The predicted molar refractivity (Wildman–Crippen MR) is 68.9 cm³/mol. The van der Waals surface area contributed by atoms with Crippen molar-refractivity contribution in [3.05, 3.63) is 0 Å². The highest BCUT2D eigenvalue weighted by atomic mass is 35.5. The molecule has 0 aromatic heterocycles. The first kappa shape index (κ1) is 16.2. The van der Waals surface area contributed by atoms with Crippen LogP contribution in [0.4, 0.5) is 0 Å². The van der Waals surface area contributed by atoms with Crippen LogP contribution in [0.1, 0.15) is 33.1 Å². The molecule has 0 aromatic carbocycles. The van der Waals surface area contributed by atoms with Crippen molar-refractivity contribution < 1.29 is 9.59 Å². The summed E-state index contributed by atoms with van der Waals surface area (Å²) in [5, 5.41) is 2.77. The number of rotatable bonds is 4. The third kappa shape index (κ3) is 3.85. The molecule has 0 aliphatic carbocycles. The van der Waals surface area contributed by atoms with Gasteiger partial charge in [-0.1, -0.05) is 20.3 Å². The van der Waals surface area contributed by atoms with Crippen molar-refractivity contribution in [2.45, 2.75) is 45.2 Å². The molecule has 3 N–H and O–H groups in total. The molecule has 2 unspecified atom stereocenters. The van der Waals surface area contributed by atoms with Gasteiger partial charge >= 0.3 is 0 Å². The zero-order valence-corrected chi connectivity index (χ0v) is 11.3. The van der Waals surface area contributed by atoms with Gasteiger partial charge in [-0.15, -0.1) is 12.4 Å². The lowest BCUT2D eigenvalue weighted by atomic mass is 10.1. The quantitative estimate of drug-likeness (QED) is 0.765. The zero-order valence-electron chi connectivity index (χ0n) is 10.4. The van der Waals surface area contributed by atoms with Crippen LogP contribution in [-0.2, 0) is 9.59 Å². The highest BCUT2D eigenvalue weighted by Crippen LogP contribution is 2.11. The van der Waals surface area contributed by atoms with Crippen molar-refractivity contribution in [3.63, 3.8) is 0 Å². The van der Waals surface area contributed by atoms with Gasteiger partial charge in [0.25, 0.3) is 0 Å². The predicted octanol–water partition coefficient (Wildman–Crippen LogP) is 0.273. The Bertz CT molecular complexity index is 273. The Morgan fingerprint density at radius 2 is 2.24 bits per heavy atom. The Balaban J connectivity index is 0.00000256. The summed E-state index contributed by atoms with van der Waals surface area (Å²) in [4.78, 5) is 25.2. The van der Waals surface area contributed by atoms with Crippen molar-refractivity contribution in [2.24, 2.45) is 5.73 Å². The largest absolute Gasteiger partial charge is 0.353 e. The maximum Gasteiger partial charge on any atom is 0.242 e. The monoisotopic (exact) mass is 263 g/mol. The Labute approximate surface area is 109 Å². The summed E-state index contributed by atoms with van der Waals surface area (Å²) < 4.78 is 0. The van der Waals surface area contributed by atoms with Gasteiger partial charge in [-0.05, 0) is 12.8 Å². The van der Waals surface area contributed by atoms with Crippen molar-refractivity contribution in [1.29, 1.82) is 0 Å². The molecule has 6 heteroatoms. The molecular formula is C11H22ClN3O2. The second kappa shape index (κ2) is 7.50. The molecule has 2 atom stereocenters. The van der Waals surface area contributed by atoms with Crippen LogP contribution in [0, 0.1) is 0 Å². The smallest absolute Gasteiger partial charge is 0.242 e. The second-order valence-electron chi connectivity index (χ2n) is 4.14. The van der Waals surface area contributed by atoms with E-state index in [2.05, 4.69) is 5.32 Å². The molecule has 1 aliphatic rings. The van der Waals surface area contributed by atoms with Crippen LogP contribution in [0.25, 0.3) is 0 Å². The molecular weight excluding hydrogens is 242 g/mol. The Hall–Kier alpha value is -0.810. The van der Waals surface area contributed by atoms with E-state index in [1.165, 1.54) is 0 Å². The van der Waals surface area contributed by atoms with Gasteiger partial charge in [-0.2, -0.15) is 0 Å². The van der Waals surface area contributed by atoms with E-state index in [4.69, 9.17) is 5.73 Å². The normalized spacial score (nSPS) is 21.5. The number of nitrogens with zero attached hydrogens (tertiary/aromatic N) is 1. The lowest BCUT2D eigenvalue weighted by molar-refractivity contribution is -0.144. The van der Waals surface area contributed by atoms with Crippen LogP contribution >= 0.6 is 12.4 Å². The van der Waals surface area contributed by atoms with Gasteiger partial charge in [-0.25, -0.2) is 0 Å². The molecule has 1 aliphatic heterocycles. The summed E-state index contributed by atoms with van der Waals surface area (Å²) in [5.41, 5.74) is 5.80. The molecule has 5 nitrogen and oxygen atoms in total. The Morgan fingerprint density at radius 1 is 1.59 bits per heavy atom. The first-order chi connectivity index (χ1) is 7.61. The molecule has 0 spiro atoms. The maximum atomic E-state index is 12.0. The van der Waals surface area contributed by atoms with Crippen molar-refractivity contribution in [2.75, 3.05) is 13.1 Å². The number of nitrogens with two attached hydrogens (primary N) is 1. The molecule has 1 fully saturated rings. The maximum absolute atomic E-state index is 12.0. The van der Waals surface area contributed by atoms with Crippen LogP contribution in [-0.4, -0.2) is 41.9 Å². The fourth-order valence-corrected chi connectivity index (χ4v) is 2.03. The summed E-state index contributed by atoms with van der Waals surface area (Å²) in [6.45, 7) is 4.99. The number of nitrogens with one attached hydrogen (secondary N) is 1. The fourth-order valence-electron chi connectivity index (χ4n) is 2.03. The third-order valence-electron chi connectivity index (χ3n) is 2.92. The van der Waals surface area contributed by atoms with E-state index in [1.54, 1.807) is 4.90 Å². The number of carbonyl (C=O) groups excluding carboxylic acids is 2. The molecule has 0 aromatic rings. The van der Waals surface area contributed by atoms with E-state index in [-0.39, 0.29) is 30.3 Å². The zero-order chi connectivity index (χ0) is 12.1. The molecule has 1 rings (SSSR count). The van der Waals surface area contributed by atoms with Crippen molar-refractivity contribution in [1.82, 2.24) is 10.2 Å². The summed E-state index contributed by atoms with van der Waals surface area (Å²) in [5.74, 6) is -0.158. The molecule has 0 radical (unpaired) electrons. The van der Waals surface area contributed by atoms with Crippen LogP contribution in [0.2, 0.25) is 0 Å². The van der Waals surface area contributed by atoms with Gasteiger partial charge in [0.15, 0.2) is 0 Å². The van der Waals surface area contributed by atoms with Gasteiger partial charge < -0.3 is 16.0 Å². The molecule has 0 bridgehead atoms. The minimum Gasteiger partial charge on any atom is -0.353 e. The topological polar surface area (TPSA) is 75.4 Å². The molecule has 17 heavy (non-hydrogen) atoms. The number of hydrogen-bond acceptors (Lipinski definition) is 3. The summed E-state index contributed by atoms with van der Waals surface area (Å²) >= 11 is 0. The van der Waals surface area contributed by atoms with E-state index < -0.39 is 6.04 Å². The molecule has 0 saturated carbocycles. The van der Waals surface area contributed by atoms with E-state index in [9.17, 15) is 9.59 Å². The van der Waals surface area contributed by atoms with E-state index in [0.29, 0.717) is 25.9 Å². The molecule has 2 amide bonds. The van der Waals surface area contributed by atoms with Crippen LogP contribution in [0.3, 0.4) is 0 Å². The lowest BCUT2D eigenvalue weighted by Gasteiger charge is -2.36. The van der Waals surface area contributed by atoms with Gasteiger partial charge in [-0.3, -0.25) is 9.59 Å². The highest BCUT2D eigenvalue weighted by molar-refractivity contribution is 5.90. The van der Waals surface area contributed by atoms with Crippen molar-refractivity contribution in [3.8, 4) is 0 Å². The van der Waals surface area contributed by atoms with E-state index in [1.807, 2.05) is 13.8 Å². The van der Waals surface area contributed by atoms with E-state index >= 15 is 0 Å². The molecule has 1 heterocycles. The number of halogens is 1. The van der Waals surface area contributed by atoms with Gasteiger partial charge in [0.05, 0.1) is 6.04 Å². The minimum absolute atomic E-state index is 0. The number of hydrogen-bond donors (Lipinski definition) is 2. The van der Waals surface area contributed by atoms with Crippen LogP contribution < -0.4 is 11.1 Å². The van der Waals surface area contributed by atoms with Gasteiger partial charge in [0, 0.05) is 13.1 Å². The fraction of sp³-hybridized carbons (Fsp3) is 0.818. The van der Waals surface area contributed by atoms with Gasteiger partial charge in [0.1, 0.15) is 6.04 Å². The number of piperazine rings is 1. The van der Waals surface area contributed by atoms with Crippen LogP contribution in [0.15, 0.2) is 0 Å². The van der Waals surface area contributed by atoms with Crippen LogP contribution in [0.5, 0.6) is 0 Å². The summed E-state index contributed by atoms with van der Waals surface area (Å²) in [6.07, 6.45) is 2.19. The number of amides is 2. The molecule has 100 valence electrons. The SMILES string of the molecule is CCCC(N)C(=O)N1CCNC(=O)C1CC.Cl. The summed E-state index contributed by atoms with van der Waals surface area (Å²) in [6, 6.07) is -0.811. The highest BCUT2D eigenvalue weighted by Gasteiger charge is 2.33. The Kier molecular flexibility index (Phi) is 7.15. The average Bonchev–Trinajstić information content (AvgIpc) is 2.28. The summed E-state index contributed by atoms with van der Waals surface area (Å²) in [7, 11) is 0.